The largest absolute Gasteiger partial charge is 0.416 e. The van der Waals surface area contributed by atoms with Gasteiger partial charge in [0, 0.05) is 33.2 Å². The van der Waals surface area contributed by atoms with Crippen LogP contribution in [0, 0.1) is 0 Å². The third-order valence-corrected chi connectivity index (χ3v) is 12.3. The highest BCUT2D eigenvalue weighted by Crippen LogP contribution is 2.61. The highest BCUT2D eigenvalue weighted by atomic mass is 19.4. The molecule has 0 atom stereocenters. The fourth-order valence-electron chi connectivity index (χ4n) is 9.62. The van der Waals surface area contributed by atoms with Gasteiger partial charge in [0.1, 0.15) is 0 Å². The van der Waals surface area contributed by atoms with E-state index in [9.17, 15) is 26.3 Å². The molecule has 0 saturated heterocycles. The van der Waals surface area contributed by atoms with Crippen LogP contribution in [0.25, 0.3) is 33.4 Å². The van der Waals surface area contributed by atoms with Crippen molar-refractivity contribution in [3.8, 4) is 33.4 Å². The quantitative estimate of drug-likeness (QED) is 0.164. The molecule has 7 heteroatoms. The molecule has 0 fully saturated rings. The molecule has 0 aromatic heterocycles. The van der Waals surface area contributed by atoms with Crippen LogP contribution in [0.2, 0.25) is 0 Å². The van der Waals surface area contributed by atoms with Gasteiger partial charge in [-0.2, -0.15) is 26.3 Å². The van der Waals surface area contributed by atoms with Crippen LogP contribution in [0.3, 0.4) is 0 Å². The Morgan fingerprint density at radius 1 is 0.426 bits per heavy atom. The molecule has 9 rings (SSSR count). The zero-order valence-corrected chi connectivity index (χ0v) is 30.7. The molecular weight excluding hydrogens is 693 g/mol. The summed E-state index contributed by atoms with van der Waals surface area (Å²) in [6.07, 6.45) is -9.92. The lowest BCUT2D eigenvalue weighted by Gasteiger charge is -2.30. The molecule has 3 aliphatic rings. The number of benzene rings is 6. The highest BCUT2D eigenvalue weighted by molar-refractivity contribution is 5.98. The predicted octanol–water partition coefficient (Wildman–Crippen LogP) is 14.1. The zero-order valence-electron chi connectivity index (χ0n) is 30.7. The van der Waals surface area contributed by atoms with Crippen LogP contribution in [0.15, 0.2) is 115 Å². The van der Waals surface area contributed by atoms with Crippen molar-refractivity contribution >= 4 is 17.1 Å². The van der Waals surface area contributed by atoms with Gasteiger partial charge in [0.05, 0.1) is 16.8 Å². The van der Waals surface area contributed by atoms with E-state index in [1.54, 1.807) is 13.8 Å². The maximum Gasteiger partial charge on any atom is 0.416 e. The standard InChI is InChI=1S/C47H37F6N/c1-43(2)34-16-11-10-15-29(34)30-20-19-28(23-36(30)43)54(27-13-8-7-9-14-27)40-18-12-17-35-41(40)33-25-37-31(24-38(33)44(35,3)4)32-21-26(46(48,49)50)22-39(47(51,52)53)42(32)45(37,5)6/h7-25H,1-6H3. The van der Waals surface area contributed by atoms with E-state index >= 15 is 0 Å². The maximum absolute atomic E-state index is 14.6. The summed E-state index contributed by atoms with van der Waals surface area (Å²) in [5.41, 5.74) is 7.64. The van der Waals surface area contributed by atoms with E-state index in [2.05, 4.69) is 99.3 Å². The van der Waals surface area contributed by atoms with Crippen molar-refractivity contribution in [2.24, 2.45) is 0 Å². The number of anilines is 3. The summed E-state index contributed by atoms with van der Waals surface area (Å²) in [7, 11) is 0. The molecule has 0 bridgehead atoms. The molecule has 0 saturated carbocycles. The van der Waals surface area contributed by atoms with Crippen molar-refractivity contribution in [1.29, 1.82) is 0 Å². The minimum absolute atomic E-state index is 0.0143. The Morgan fingerprint density at radius 3 is 1.72 bits per heavy atom. The molecule has 1 nitrogen and oxygen atoms in total. The van der Waals surface area contributed by atoms with Gasteiger partial charge in [-0.25, -0.2) is 0 Å². The monoisotopic (exact) mass is 729 g/mol. The van der Waals surface area contributed by atoms with E-state index < -0.39 is 34.3 Å². The molecule has 54 heavy (non-hydrogen) atoms. The van der Waals surface area contributed by atoms with Gasteiger partial charge in [-0.1, -0.05) is 102 Å². The van der Waals surface area contributed by atoms with Gasteiger partial charge in [0.25, 0.3) is 0 Å². The van der Waals surface area contributed by atoms with E-state index in [0.717, 1.165) is 45.4 Å². The van der Waals surface area contributed by atoms with Crippen LogP contribution in [-0.2, 0) is 28.6 Å². The second kappa shape index (κ2) is 10.9. The number of rotatable bonds is 3. The van der Waals surface area contributed by atoms with E-state index in [0.29, 0.717) is 11.1 Å². The lowest BCUT2D eigenvalue weighted by atomic mass is 9.78. The smallest absolute Gasteiger partial charge is 0.310 e. The SMILES string of the molecule is CC1(C)c2ccccc2-c2ccc(N(c3ccccc3)c3cccc4c3-c3cc5c(cc3C4(C)C)-c3cc(C(F)(F)F)cc(C(F)(F)F)c3C5(C)C)cc21. The molecule has 0 aliphatic heterocycles. The van der Waals surface area contributed by atoms with Crippen LogP contribution in [-0.4, -0.2) is 0 Å². The minimum Gasteiger partial charge on any atom is -0.310 e. The number of fused-ring (bicyclic) bond motifs is 9. The third-order valence-electron chi connectivity index (χ3n) is 12.3. The molecule has 3 aliphatic carbocycles. The average Bonchev–Trinajstić information content (AvgIpc) is 3.60. The first-order valence-corrected chi connectivity index (χ1v) is 18.1. The molecular formula is C47H37F6N. The van der Waals surface area contributed by atoms with Gasteiger partial charge in [-0.3, -0.25) is 0 Å². The van der Waals surface area contributed by atoms with Gasteiger partial charge < -0.3 is 4.90 Å². The summed E-state index contributed by atoms with van der Waals surface area (Å²) < 4.78 is 86.3. The molecule has 0 amide bonds. The minimum atomic E-state index is -4.98. The van der Waals surface area contributed by atoms with Gasteiger partial charge >= 0.3 is 12.4 Å². The number of hydrogen-bond donors (Lipinski definition) is 0. The van der Waals surface area contributed by atoms with E-state index in [4.69, 9.17) is 0 Å². The van der Waals surface area contributed by atoms with Gasteiger partial charge in [0.15, 0.2) is 0 Å². The van der Waals surface area contributed by atoms with Gasteiger partial charge in [-0.05, 0) is 116 Å². The first kappa shape index (κ1) is 34.5. The Bertz CT molecular complexity index is 2550. The highest BCUT2D eigenvalue weighted by Gasteiger charge is 2.49. The molecule has 0 heterocycles. The second-order valence-electron chi connectivity index (χ2n) is 16.4. The van der Waals surface area contributed by atoms with Crippen molar-refractivity contribution in [2.75, 3.05) is 4.90 Å². The predicted molar refractivity (Wildman–Crippen MR) is 204 cm³/mol. The van der Waals surface area contributed by atoms with Crippen LogP contribution in [0.4, 0.5) is 43.4 Å². The van der Waals surface area contributed by atoms with Crippen molar-refractivity contribution in [2.45, 2.75) is 70.1 Å². The first-order valence-electron chi connectivity index (χ1n) is 18.1. The third kappa shape index (κ3) is 4.66. The summed E-state index contributed by atoms with van der Waals surface area (Å²) >= 11 is 0. The topological polar surface area (TPSA) is 3.24 Å². The zero-order chi connectivity index (χ0) is 38.3. The fraction of sp³-hybridized carbons (Fsp3) is 0.234. The van der Waals surface area contributed by atoms with Crippen molar-refractivity contribution in [3.63, 3.8) is 0 Å². The van der Waals surface area contributed by atoms with Crippen molar-refractivity contribution < 1.29 is 26.3 Å². The Hall–Kier alpha value is -5.30. The number of halogens is 6. The Labute approximate surface area is 310 Å². The lowest BCUT2D eigenvalue weighted by molar-refractivity contribution is -0.143. The fourth-order valence-corrected chi connectivity index (χ4v) is 9.62. The van der Waals surface area contributed by atoms with Crippen molar-refractivity contribution in [1.82, 2.24) is 0 Å². The Balaban J connectivity index is 1.29. The number of nitrogens with zero attached hydrogens (tertiary/aromatic N) is 1. The maximum atomic E-state index is 14.6. The normalized spacial score (nSPS) is 16.6. The average molecular weight is 730 g/mol. The summed E-state index contributed by atoms with van der Waals surface area (Å²) in [5.74, 6) is 0. The second-order valence-corrected chi connectivity index (χ2v) is 16.4. The molecule has 0 unspecified atom stereocenters. The Kier molecular flexibility index (Phi) is 6.96. The lowest BCUT2D eigenvalue weighted by Crippen LogP contribution is -2.22. The Morgan fingerprint density at radius 2 is 1.02 bits per heavy atom. The van der Waals surface area contributed by atoms with Crippen LogP contribution < -0.4 is 4.90 Å². The van der Waals surface area contributed by atoms with E-state index in [1.165, 1.54) is 22.3 Å². The number of hydrogen-bond acceptors (Lipinski definition) is 1. The van der Waals surface area contributed by atoms with E-state index in [1.807, 2.05) is 36.4 Å². The van der Waals surface area contributed by atoms with E-state index in [-0.39, 0.29) is 22.6 Å². The van der Waals surface area contributed by atoms with Crippen LogP contribution in [0.5, 0.6) is 0 Å². The summed E-state index contributed by atoms with van der Waals surface area (Å²) in [6.45, 7) is 12.0. The summed E-state index contributed by atoms with van der Waals surface area (Å²) in [6, 6.07) is 36.3. The molecule has 0 spiro atoms. The molecule has 0 radical (unpaired) electrons. The summed E-state index contributed by atoms with van der Waals surface area (Å²) in [5, 5.41) is 0. The molecule has 0 N–H and O–H groups in total. The molecule has 6 aromatic rings. The van der Waals surface area contributed by atoms with Crippen LogP contribution >= 0.6 is 0 Å². The molecule has 6 aromatic carbocycles. The number of para-hydroxylation sites is 1. The van der Waals surface area contributed by atoms with Crippen molar-refractivity contribution in [3.05, 3.63) is 160 Å². The first-order chi connectivity index (χ1) is 25.3. The number of alkyl halides is 6. The van der Waals surface area contributed by atoms with Gasteiger partial charge in [0.2, 0.25) is 0 Å². The summed E-state index contributed by atoms with van der Waals surface area (Å²) in [4.78, 5) is 2.24. The molecule has 272 valence electrons. The van der Waals surface area contributed by atoms with Gasteiger partial charge in [-0.15, -0.1) is 0 Å². The van der Waals surface area contributed by atoms with Crippen LogP contribution in [0.1, 0.15) is 86.1 Å².